The third kappa shape index (κ3) is 2.03. The number of nitrogens with two attached hydrogens (primary N) is 1. The molecule has 3 nitrogen and oxygen atoms in total. The lowest BCUT2D eigenvalue weighted by Crippen LogP contribution is -2.31. The molecule has 18 heavy (non-hydrogen) atoms. The molecule has 1 aliphatic rings. The van der Waals surface area contributed by atoms with Gasteiger partial charge in [-0.15, -0.1) is 0 Å². The summed E-state index contributed by atoms with van der Waals surface area (Å²) in [7, 11) is 0. The van der Waals surface area contributed by atoms with Gasteiger partial charge in [0.2, 0.25) is 0 Å². The van der Waals surface area contributed by atoms with Gasteiger partial charge in [-0.2, -0.15) is 0 Å². The highest BCUT2D eigenvalue weighted by Gasteiger charge is 2.27. The van der Waals surface area contributed by atoms with E-state index in [2.05, 4.69) is 24.0 Å². The molecule has 1 aromatic carbocycles. The SMILES string of the molecule is CCc1ccc2oc(C3CCCCC3N)nc2c1. The van der Waals surface area contributed by atoms with Crippen LogP contribution in [0.25, 0.3) is 11.1 Å². The molecule has 2 N–H and O–H groups in total. The number of hydrogen-bond donors (Lipinski definition) is 1. The van der Waals surface area contributed by atoms with Crippen molar-refractivity contribution >= 4 is 11.1 Å². The van der Waals surface area contributed by atoms with Crippen molar-refractivity contribution in [3.8, 4) is 0 Å². The maximum Gasteiger partial charge on any atom is 0.200 e. The fraction of sp³-hybridized carbons (Fsp3) is 0.533. The van der Waals surface area contributed by atoms with Crippen molar-refractivity contribution in [1.29, 1.82) is 0 Å². The van der Waals surface area contributed by atoms with Crippen LogP contribution in [0.2, 0.25) is 0 Å². The van der Waals surface area contributed by atoms with Crippen LogP contribution in [-0.2, 0) is 6.42 Å². The first-order chi connectivity index (χ1) is 8.78. The van der Waals surface area contributed by atoms with Crippen LogP contribution in [0.1, 0.15) is 50.0 Å². The number of fused-ring (bicyclic) bond motifs is 1. The second-order valence-corrected chi connectivity index (χ2v) is 5.26. The lowest BCUT2D eigenvalue weighted by atomic mass is 9.85. The van der Waals surface area contributed by atoms with Crippen molar-refractivity contribution in [3.05, 3.63) is 29.7 Å². The molecule has 2 unspecified atom stereocenters. The highest BCUT2D eigenvalue weighted by atomic mass is 16.3. The zero-order chi connectivity index (χ0) is 12.5. The van der Waals surface area contributed by atoms with E-state index in [-0.39, 0.29) is 6.04 Å². The fourth-order valence-electron chi connectivity index (χ4n) is 2.84. The van der Waals surface area contributed by atoms with Crippen LogP contribution < -0.4 is 5.73 Å². The van der Waals surface area contributed by atoms with E-state index in [1.165, 1.54) is 18.4 Å². The van der Waals surface area contributed by atoms with E-state index in [1.54, 1.807) is 0 Å². The Morgan fingerprint density at radius 2 is 2.17 bits per heavy atom. The summed E-state index contributed by atoms with van der Waals surface area (Å²) in [5, 5.41) is 0. The monoisotopic (exact) mass is 244 g/mol. The van der Waals surface area contributed by atoms with Crippen LogP contribution in [0.15, 0.2) is 22.6 Å². The van der Waals surface area contributed by atoms with Crippen molar-refractivity contribution in [2.45, 2.75) is 51.0 Å². The molecule has 3 rings (SSSR count). The Morgan fingerprint density at radius 3 is 2.94 bits per heavy atom. The molecular formula is C15H20N2O. The largest absolute Gasteiger partial charge is 0.440 e. The molecule has 0 bridgehead atoms. The van der Waals surface area contributed by atoms with Gasteiger partial charge in [0.25, 0.3) is 0 Å². The molecule has 2 atom stereocenters. The van der Waals surface area contributed by atoms with Crippen molar-refractivity contribution in [2.24, 2.45) is 5.73 Å². The number of aryl methyl sites for hydroxylation is 1. The van der Waals surface area contributed by atoms with E-state index in [1.807, 2.05) is 6.07 Å². The Balaban J connectivity index is 1.97. The van der Waals surface area contributed by atoms with E-state index >= 15 is 0 Å². The normalized spacial score (nSPS) is 24.6. The van der Waals surface area contributed by atoms with E-state index in [0.29, 0.717) is 5.92 Å². The van der Waals surface area contributed by atoms with Gasteiger partial charge in [-0.3, -0.25) is 0 Å². The first-order valence-electron chi connectivity index (χ1n) is 6.93. The lowest BCUT2D eigenvalue weighted by molar-refractivity contribution is 0.332. The second kappa shape index (κ2) is 4.73. The topological polar surface area (TPSA) is 52.0 Å². The van der Waals surface area contributed by atoms with Gasteiger partial charge < -0.3 is 10.2 Å². The molecule has 0 saturated heterocycles. The first kappa shape index (κ1) is 11.7. The number of hydrogen-bond acceptors (Lipinski definition) is 3. The van der Waals surface area contributed by atoms with Gasteiger partial charge in [0, 0.05) is 6.04 Å². The predicted octanol–water partition coefficient (Wildman–Crippen LogP) is 3.38. The molecule has 1 fully saturated rings. The number of aromatic nitrogens is 1. The van der Waals surface area contributed by atoms with E-state index in [0.717, 1.165) is 36.3 Å². The zero-order valence-corrected chi connectivity index (χ0v) is 10.9. The van der Waals surface area contributed by atoms with E-state index in [4.69, 9.17) is 10.2 Å². The van der Waals surface area contributed by atoms with Crippen LogP contribution in [0.5, 0.6) is 0 Å². The summed E-state index contributed by atoms with van der Waals surface area (Å²) in [5.41, 5.74) is 9.35. The van der Waals surface area contributed by atoms with Gasteiger partial charge in [-0.25, -0.2) is 4.98 Å². The third-order valence-electron chi connectivity index (χ3n) is 4.01. The summed E-state index contributed by atoms with van der Waals surface area (Å²) in [6.45, 7) is 2.15. The average molecular weight is 244 g/mol. The predicted molar refractivity (Wildman–Crippen MR) is 72.6 cm³/mol. The van der Waals surface area contributed by atoms with Crippen molar-refractivity contribution in [2.75, 3.05) is 0 Å². The Morgan fingerprint density at radius 1 is 1.33 bits per heavy atom. The number of nitrogens with zero attached hydrogens (tertiary/aromatic N) is 1. The Hall–Kier alpha value is -1.35. The molecule has 1 aromatic heterocycles. The van der Waals surface area contributed by atoms with Gasteiger partial charge in [0.15, 0.2) is 11.5 Å². The smallest absolute Gasteiger partial charge is 0.200 e. The van der Waals surface area contributed by atoms with Crippen molar-refractivity contribution in [3.63, 3.8) is 0 Å². The minimum atomic E-state index is 0.206. The number of oxazole rings is 1. The summed E-state index contributed by atoms with van der Waals surface area (Å²) < 4.78 is 5.89. The average Bonchev–Trinajstić information content (AvgIpc) is 2.81. The summed E-state index contributed by atoms with van der Waals surface area (Å²) >= 11 is 0. The quantitative estimate of drug-likeness (QED) is 0.881. The standard InChI is InChI=1S/C15H20N2O/c1-2-10-7-8-14-13(9-10)17-15(18-14)11-5-3-4-6-12(11)16/h7-9,11-12H,2-6,16H2,1H3. The van der Waals surface area contributed by atoms with Crippen LogP contribution in [0, 0.1) is 0 Å². The molecule has 96 valence electrons. The maximum absolute atomic E-state index is 6.19. The zero-order valence-electron chi connectivity index (χ0n) is 10.9. The third-order valence-corrected chi connectivity index (χ3v) is 4.01. The maximum atomic E-state index is 6.19. The molecular weight excluding hydrogens is 224 g/mol. The molecule has 0 aliphatic heterocycles. The molecule has 0 radical (unpaired) electrons. The molecule has 3 heteroatoms. The molecule has 0 spiro atoms. The van der Waals surface area contributed by atoms with Crippen LogP contribution >= 0.6 is 0 Å². The summed E-state index contributed by atoms with van der Waals surface area (Å²) in [4.78, 5) is 4.65. The van der Waals surface area contributed by atoms with Crippen LogP contribution in [-0.4, -0.2) is 11.0 Å². The van der Waals surface area contributed by atoms with Crippen molar-refractivity contribution < 1.29 is 4.42 Å². The van der Waals surface area contributed by atoms with Gasteiger partial charge in [-0.1, -0.05) is 25.8 Å². The second-order valence-electron chi connectivity index (χ2n) is 5.26. The lowest BCUT2D eigenvalue weighted by Gasteiger charge is -2.25. The van der Waals surface area contributed by atoms with Gasteiger partial charge in [-0.05, 0) is 37.0 Å². The van der Waals surface area contributed by atoms with E-state index < -0.39 is 0 Å². The summed E-state index contributed by atoms with van der Waals surface area (Å²) in [6, 6.07) is 6.46. The van der Waals surface area contributed by atoms with Crippen molar-refractivity contribution in [1.82, 2.24) is 4.98 Å². The highest BCUT2D eigenvalue weighted by molar-refractivity contribution is 5.73. The summed E-state index contributed by atoms with van der Waals surface area (Å²) in [5.74, 6) is 1.14. The van der Waals surface area contributed by atoms with Gasteiger partial charge >= 0.3 is 0 Å². The molecule has 2 aromatic rings. The minimum absolute atomic E-state index is 0.206. The van der Waals surface area contributed by atoms with Gasteiger partial charge in [0.05, 0.1) is 5.92 Å². The Kier molecular flexibility index (Phi) is 3.08. The van der Waals surface area contributed by atoms with Crippen LogP contribution in [0.3, 0.4) is 0 Å². The van der Waals surface area contributed by atoms with Crippen LogP contribution in [0.4, 0.5) is 0 Å². The molecule has 1 heterocycles. The Labute approximate surface area is 107 Å². The molecule has 1 saturated carbocycles. The summed E-state index contributed by atoms with van der Waals surface area (Å²) in [6.07, 6.45) is 5.69. The first-order valence-corrected chi connectivity index (χ1v) is 6.93. The highest BCUT2D eigenvalue weighted by Crippen LogP contribution is 2.33. The fourth-order valence-corrected chi connectivity index (χ4v) is 2.84. The molecule has 1 aliphatic carbocycles. The molecule has 0 amide bonds. The van der Waals surface area contributed by atoms with Gasteiger partial charge in [0.1, 0.15) is 5.52 Å². The number of rotatable bonds is 2. The number of benzene rings is 1. The van der Waals surface area contributed by atoms with E-state index in [9.17, 15) is 0 Å². The Bertz CT molecular complexity index is 546. The minimum Gasteiger partial charge on any atom is -0.440 e.